The minimum atomic E-state index is 0.350. The molecule has 0 spiro atoms. The maximum atomic E-state index is 3.93. The monoisotopic (exact) mass is 306 g/mol. The summed E-state index contributed by atoms with van der Waals surface area (Å²) in [6.45, 7) is 10.8. The van der Waals surface area contributed by atoms with Gasteiger partial charge >= 0.3 is 0 Å². The van der Waals surface area contributed by atoms with Crippen LogP contribution in [0.5, 0.6) is 0 Å². The molecule has 0 bridgehead atoms. The molecule has 2 aliphatic rings. The molecule has 1 unspecified atom stereocenters. The van der Waals surface area contributed by atoms with Crippen molar-refractivity contribution >= 4 is 11.3 Å². The molecule has 1 atom stereocenters. The van der Waals surface area contributed by atoms with Gasteiger partial charge in [0.1, 0.15) is 0 Å². The van der Waals surface area contributed by atoms with E-state index in [0.29, 0.717) is 11.1 Å². The van der Waals surface area contributed by atoms with Gasteiger partial charge in [-0.05, 0) is 67.3 Å². The van der Waals surface area contributed by atoms with Gasteiger partial charge < -0.3 is 5.32 Å². The Morgan fingerprint density at radius 3 is 2.67 bits per heavy atom. The van der Waals surface area contributed by atoms with Crippen molar-refractivity contribution in [3.05, 3.63) is 22.4 Å². The lowest BCUT2D eigenvalue weighted by atomic mass is 9.81. The van der Waals surface area contributed by atoms with Gasteiger partial charge in [-0.15, -0.1) is 0 Å². The van der Waals surface area contributed by atoms with Gasteiger partial charge in [0, 0.05) is 30.7 Å². The van der Waals surface area contributed by atoms with E-state index in [0.717, 1.165) is 12.5 Å². The van der Waals surface area contributed by atoms with Gasteiger partial charge in [0.25, 0.3) is 0 Å². The summed E-state index contributed by atoms with van der Waals surface area (Å²) in [4.78, 5) is 2.82. The normalized spacial score (nSPS) is 29.7. The average molecular weight is 307 g/mol. The van der Waals surface area contributed by atoms with E-state index in [4.69, 9.17) is 0 Å². The van der Waals surface area contributed by atoms with Crippen LogP contribution in [0.2, 0.25) is 0 Å². The fourth-order valence-electron chi connectivity index (χ4n) is 4.05. The highest BCUT2D eigenvalue weighted by Gasteiger charge is 2.49. The molecule has 1 N–H and O–H groups in total. The van der Waals surface area contributed by atoms with Crippen LogP contribution in [0, 0.1) is 5.92 Å². The summed E-state index contributed by atoms with van der Waals surface area (Å²) < 4.78 is 0. The SMILES string of the molecule is CCC1(CC)CNC(C)(C2CC2)CN1CCc1ccsc1. The second-order valence-electron chi connectivity index (χ2n) is 7.28. The second kappa shape index (κ2) is 6.02. The third-order valence-electron chi connectivity index (χ3n) is 6.06. The Morgan fingerprint density at radius 1 is 1.33 bits per heavy atom. The van der Waals surface area contributed by atoms with Gasteiger partial charge in [-0.2, -0.15) is 11.3 Å². The zero-order valence-corrected chi connectivity index (χ0v) is 14.6. The zero-order chi connectivity index (χ0) is 14.9. The Labute approximate surface area is 133 Å². The zero-order valence-electron chi connectivity index (χ0n) is 13.8. The Morgan fingerprint density at radius 2 is 2.10 bits per heavy atom. The molecule has 1 aromatic rings. The molecule has 21 heavy (non-hydrogen) atoms. The van der Waals surface area contributed by atoms with Crippen molar-refractivity contribution in [3.63, 3.8) is 0 Å². The molecule has 0 aromatic carbocycles. The topological polar surface area (TPSA) is 15.3 Å². The van der Waals surface area contributed by atoms with E-state index in [1.165, 1.54) is 50.8 Å². The van der Waals surface area contributed by atoms with E-state index in [9.17, 15) is 0 Å². The van der Waals surface area contributed by atoms with E-state index in [2.05, 4.69) is 47.8 Å². The second-order valence-corrected chi connectivity index (χ2v) is 8.06. The molecule has 2 heterocycles. The van der Waals surface area contributed by atoms with Crippen molar-refractivity contribution in [3.8, 4) is 0 Å². The lowest BCUT2D eigenvalue weighted by Gasteiger charge is -2.54. The van der Waals surface area contributed by atoms with Crippen LogP contribution in [0.3, 0.4) is 0 Å². The minimum Gasteiger partial charge on any atom is -0.308 e. The summed E-state index contributed by atoms with van der Waals surface area (Å²) in [6, 6.07) is 2.28. The first-order valence-corrected chi connectivity index (χ1v) is 9.57. The van der Waals surface area contributed by atoms with Crippen LogP contribution in [0.1, 0.15) is 52.0 Å². The van der Waals surface area contributed by atoms with Crippen LogP contribution in [0.15, 0.2) is 16.8 Å². The van der Waals surface area contributed by atoms with Crippen molar-refractivity contribution in [2.24, 2.45) is 5.92 Å². The maximum absolute atomic E-state index is 3.93. The molecule has 0 amide bonds. The molecule has 1 aromatic heterocycles. The summed E-state index contributed by atoms with van der Waals surface area (Å²) in [5, 5.41) is 8.44. The van der Waals surface area contributed by atoms with E-state index < -0.39 is 0 Å². The average Bonchev–Trinajstić information content (AvgIpc) is 3.24. The predicted molar refractivity (Wildman–Crippen MR) is 92.0 cm³/mol. The molecule has 2 nitrogen and oxygen atoms in total. The molecule has 3 rings (SSSR count). The van der Waals surface area contributed by atoms with Crippen LogP contribution in [-0.2, 0) is 6.42 Å². The lowest BCUT2D eigenvalue weighted by Crippen LogP contribution is -2.69. The number of rotatable bonds is 6. The van der Waals surface area contributed by atoms with E-state index >= 15 is 0 Å². The maximum Gasteiger partial charge on any atom is 0.0329 e. The fourth-order valence-corrected chi connectivity index (χ4v) is 4.76. The van der Waals surface area contributed by atoms with Gasteiger partial charge in [-0.1, -0.05) is 13.8 Å². The minimum absolute atomic E-state index is 0.350. The number of nitrogens with one attached hydrogen (secondary N) is 1. The van der Waals surface area contributed by atoms with Crippen LogP contribution < -0.4 is 5.32 Å². The summed E-state index contributed by atoms with van der Waals surface area (Å²) in [5.74, 6) is 0.910. The standard InChI is InChI=1S/C18H30N2S/c1-4-18(5-2)13-19-17(3,16-6-7-16)14-20(18)10-8-15-9-11-21-12-15/h9,11-12,16,19H,4-8,10,13-14H2,1-3H3. The first-order chi connectivity index (χ1) is 10.1. The fraction of sp³-hybridized carbons (Fsp3) is 0.778. The highest BCUT2D eigenvalue weighted by Crippen LogP contribution is 2.43. The van der Waals surface area contributed by atoms with Crippen molar-refractivity contribution in [2.75, 3.05) is 19.6 Å². The molecule has 1 aliphatic heterocycles. The van der Waals surface area contributed by atoms with Crippen LogP contribution >= 0.6 is 11.3 Å². The van der Waals surface area contributed by atoms with E-state index in [-0.39, 0.29) is 0 Å². The molecule has 118 valence electrons. The third-order valence-corrected chi connectivity index (χ3v) is 6.79. The van der Waals surface area contributed by atoms with Gasteiger partial charge in [-0.25, -0.2) is 0 Å². The van der Waals surface area contributed by atoms with Gasteiger partial charge in [0.05, 0.1) is 0 Å². The molecule has 0 radical (unpaired) electrons. The number of hydrogen-bond donors (Lipinski definition) is 1. The van der Waals surface area contributed by atoms with Crippen LogP contribution in [0.25, 0.3) is 0 Å². The van der Waals surface area contributed by atoms with Crippen molar-refractivity contribution < 1.29 is 0 Å². The molecule has 1 aliphatic carbocycles. The lowest BCUT2D eigenvalue weighted by molar-refractivity contribution is -0.00251. The number of piperazine rings is 1. The van der Waals surface area contributed by atoms with Crippen LogP contribution in [0.4, 0.5) is 0 Å². The van der Waals surface area contributed by atoms with Gasteiger partial charge in [-0.3, -0.25) is 4.90 Å². The smallest absolute Gasteiger partial charge is 0.0329 e. The predicted octanol–water partition coefficient (Wildman–Crippen LogP) is 3.92. The molecular weight excluding hydrogens is 276 g/mol. The van der Waals surface area contributed by atoms with Crippen molar-refractivity contribution in [2.45, 2.75) is 64.0 Å². The first kappa shape index (κ1) is 15.5. The Kier molecular flexibility index (Phi) is 4.45. The highest BCUT2D eigenvalue weighted by molar-refractivity contribution is 7.07. The molecular formula is C18H30N2S. The van der Waals surface area contributed by atoms with Gasteiger partial charge in [0.15, 0.2) is 0 Å². The number of thiophene rings is 1. The summed E-state index contributed by atoms with van der Waals surface area (Å²) in [7, 11) is 0. The Bertz CT molecular complexity index is 448. The van der Waals surface area contributed by atoms with Crippen molar-refractivity contribution in [1.29, 1.82) is 0 Å². The summed E-state index contributed by atoms with van der Waals surface area (Å²) in [5.41, 5.74) is 2.22. The van der Waals surface area contributed by atoms with E-state index in [1.807, 2.05) is 11.3 Å². The summed E-state index contributed by atoms with van der Waals surface area (Å²) in [6.07, 6.45) is 6.55. The largest absolute Gasteiger partial charge is 0.308 e. The number of hydrogen-bond acceptors (Lipinski definition) is 3. The van der Waals surface area contributed by atoms with Gasteiger partial charge in [0.2, 0.25) is 0 Å². The highest BCUT2D eigenvalue weighted by atomic mass is 32.1. The van der Waals surface area contributed by atoms with E-state index in [1.54, 1.807) is 0 Å². The number of nitrogens with zero attached hydrogens (tertiary/aromatic N) is 1. The third kappa shape index (κ3) is 3.06. The van der Waals surface area contributed by atoms with Crippen LogP contribution in [-0.4, -0.2) is 35.6 Å². The molecule has 1 saturated carbocycles. The molecule has 3 heteroatoms. The Balaban J connectivity index is 1.72. The molecule has 1 saturated heterocycles. The quantitative estimate of drug-likeness (QED) is 0.857. The Hall–Kier alpha value is -0.380. The van der Waals surface area contributed by atoms with Crippen molar-refractivity contribution in [1.82, 2.24) is 10.2 Å². The summed E-state index contributed by atoms with van der Waals surface area (Å²) >= 11 is 1.82. The first-order valence-electron chi connectivity index (χ1n) is 8.63. The molecule has 2 fully saturated rings.